The summed E-state index contributed by atoms with van der Waals surface area (Å²) in [4.78, 5) is 17.0. The predicted octanol–water partition coefficient (Wildman–Crippen LogP) is 2.87. The molecule has 2 aromatic rings. The predicted molar refractivity (Wildman–Crippen MR) is 83.4 cm³/mol. The number of nitro groups is 1. The van der Waals surface area contributed by atoms with Gasteiger partial charge in [0.25, 0.3) is 5.69 Å². The molecule has 0 N–H and O–H groups in total. The highest BCUT2D eigenvalue weighted by molar-refractivity contribution is 5.50. The summed E-state index contributed by atoms with van der Waals surface area (Å²) < 4.78 is 5.27. The van der Waals surface area contributed by atoms with Gasteiger partial charge in [-0.25, -0.2) is 4.98 Å². The molecule has 1 aromatic heterocycles. The zero-order valence-electron chi connectivity index (χ0n) is 12.6. The lowest BCUT2D eigenvalue weighted by Gasteiger charge is -2.30. The molecule has 22 heavy (non-hydrogen) atoms. The standard InChI is InChI=1S/C16H17N3O3/c1-11-15(19(20)21)5-6-16(17-11)18-8-7-12-3-4-14(22-2)9-13(12)10-18/h3-6,9H,7-8,10H2,1-2H3. The average Bonchev–Trinajstić information content (AvgIpc) is 2.53. The van der Waals surface area contributed by atoms with Crippen LogP contribution in [0.1, 0.15) is 16.8 Å². The fourth-order valence-corrected chi connectivity index (χ4v) is 2.77. The van der Waals surface area contributed by atoms with E-state index in [0.717, 1.165) is 31.1 Å². The van der Waals surface area contributed by atoms with Crippen LogP contribution in [0, 0.1) is 17.0 Å². The highest BCUT2D eigenvalue weighted by Crippen LogP contribution is 2.28. The molecule has 0 fully saturated rings. The van der Waals surface area contributed by atoms with Crippen molar-refractivity contribution in [2.75, 3.05) is 18.6 Å². The first-order valence-corrected chi connectivity index (χ1v) is 7.11. The van der Waals surface area contributed by atoms with E-state index in [1.165, 1.54) is 17.2 Å². The van der Waals surface area contributed by atoms with Crippen LogP contribution in [-0.4, -0.2) is 23.6 Å². The van der Waals surface area contributed by atoms with Gasteiger partial charge < -0.3 is 9.64 Å². The molecule has 0 atom stereocenters. The Morgan fingerprint density at radius 3 is 2.77 bits per heavy atom. The van der Waals surface area contributed by atoms with E-state index < -0.39 is 4.92 Å². The van der Waals surface area contributed by atoms with E-state index in [0.29, 0.717) is 5.69 Å². The van der Waals surface area contributed by atoms with Crippen molar-refractivity contribution in [3.63, 3.8) is 0 Å². The molecule has 3 rings (SSSR count). The Labute approximate surface area is 128 Å². The zero-order chi connectivity index (χ0) is 15.7. The van der Waals surface area contributed by atoms with Crippen LogP contribution in [0.5, 0.6) is 5.75 Å². The van der Waals surface area contributed by atoms with Crippen molar-refractivity contribution in [3.05, 3.63) is 57.3 Å². The van der Waals surface area contributed by atoms with Crippen molar-refractivity contribution in [2.45, 2.75) is 19.9 Å². The molecular formula is C16H17N3O3. The number of rotatable bonds is 3. The van der Waals surface area contributed by atoms with Crippen LogP contribution < -0.4 is 9.64 Å². The Hall–Kier alpha value is -2.63. The first-order chi connectivity index (χ1) is 10.6. The number of anilines is 1. The van der Waals surface area contributed by atoms with Gasteiger partial charge in [-0.1, -0.05) is 6.07 Å². The Morgan fingerprint density at radius 2 is 2.09 bits per heavy atom. The first-order valence-electron chi connectivity index (χ1n) is 7.11. The van der Waals surface area contributed by atoms with Crippen molar-refractivity contribution in [1.82, 2.24) is 4.98 Å². The van der Waals surface area contributed by atoms with Crippen molar-refractivity contribution in [1.29, 1.82) is 0 Å². The van der Waals surface area contributed by atoms with Crippen LogP contribution in [0.4, 0.5) is 11.5 Å². The number of nitrogens with zero attached hydrogens (tertiary/aromatic N) is 3. The van der Waals surface area contributed by atoms with Crippen LogP contribution in [0.15, 0.2) is 30.3 Å². The van der Waals surface area contributed by atoms with Gasteiger partial charge in [-0.2, -0.15) is 0 Å². The van der Waals surface area contributed by atoms with Crippen molar-refractivity contribution in [3.8, 4) is 5.75 Å². The van der Waals surface area contributed by atoms with Gasteiger partial charge in [0.1, 0.15) is 17.3 Å². The largest absolute Gasteiger partial charge is 0.497 e. The normalized spacial score (nSPS) is 13.6. The second kappa shape index (κ2) is 5.63. The number of benzene rings is 1. The molecule has 0 saturated carbocycles. The van der Waals surface area contributed by atoms with Crippen LogP contribution in [-0.2, 0) is 13.0 Å². The number of methoxy groups -OCH3 is 1. The number of ether oxygens (including phenoxy) is 1. The second-order valence-electron chi connectivity index (χ2n) is 5.34. The third-order valence-electron chi connectivity index (χ3n) is 3.99. The third-order valence-corrected chi connectivity index (χ3v) is 3.99. The molecule has 6 heteroatoms. The van der Waals surface area contributed by atoms with Gasteiger partial charge in [0.05, 0.1) is 12.0 Å². The summed E-state index contributed by atoms with van der Waals surface area (Å²) in [5.74, 6) is 1.62. The third kappa shape index (κ3) is 2.59. The topological polar surface area (TPSA) is 68.5 Å². The number of hydrogen-bond acceptors (Lipinski definition) is 5. The SMILES string of the molecule is COc1ccc2c(c1)CN(c1ccc([N+](=O)[O-])c(C)n1)CC2. The van der Waals surface area contributed by atoms with Crippen LogP contribution in [0.3, 0.4) is 0 Å². The quantitative estimate of drug-likeness (QED) is 0.644. The minimum atomic E-state index is -0.400. The lowest BCUT2D eigenvalue weighted by Crippen LogP contribution is -2.31. The number of hydrogen-bond donors (Lipinski definition) is 0. The lowest BCUT2D eigenvalue weighted by molar-refractivity contribution is -0.385. The Balaban J connectivity index is 1.88. The number of aromatic nitrogens is 1. The molecule has 0 spiro atoms. The summed E-state index contributed by atoms with van der Waals surface area (Å²) >= 11 is 0. The number of aryl methyl sites for hydroxylation is 1. The van der Waals surface area contributed by atoms with Gasteiger partial charge in [-0.15, -0.1) is 0 Å². The van der Waals surface area contributed by atoms with Gasteiger partial charge in [-0.05, 0) is 42.7 Å². The Kier molecular flexibility index (Phi) is 3.66. The molecule has 0 saturated heterocycles. The number of pyridine rings is 1. The molecule has 0 amide bonds. The monoisotopic (exact) mass is 299 g/mol. The van der Waals surface area contributed by atoms with Crippen LogP contribution in [0.25, 0.3) is 0 Å². The second-order valence-corrected chi connectivity index (χ2v) is 5.34. The smallest absolute Gasteiger partial charge is 0.290 e. The molecule has 1 aliphatic heterocycles. The highest BCUT2D eigenvalue weighted by Gasteiger charge is 2.20. The van der Waals surface area contributed by atoms with Crippen LogP contribution >= 0.6 is 0 Å². The summed E-state index contributed by atoms with van der Waals surface area (Å²) in [5.41, 5.74) is 3.03. The Bertz CT molecular complexity index is 731. The van der Waals surface area contributed by atoms with E-state index in [2.05, 4.69) is 16.0 Å². The van der Waals surface area contributed by atoms with Crippen molar-refractivity contribution < 1.29 is 9.66 Å². The van der Waals surface area contributed by atoms with Gasteiger partial charge >= 0.3 is 0 Å². The minimum absolute atomic E-state index is 0.0582. The molecule has 2 heterocycles. The van der Waals surface area contributed by atoms with E-state index in [4.69, 9.17) is 4.74 Å². The molecule has 0 aliphatic carbocycles. The Morgan fingerprint density at radius 1 is 1.27 bits per heavy atom. The van der Waals surface area contributed by atoms with Crippen molar-refractivity contribution in [2.24, 2.45) is 0 Å². The van der Waals surface area contributed by atoms with E-state index in [-0.39, 0.29) is 5.69 Å². The lowest BCUT2D eigenvalue weighted by atomic mass is 9.99. The average molecular weight is 299 g/mol. The zero-order valence-corrected chi connectivity index (χ0v) is 12.6. The van der Waals surface area contributed by atoms with Crippen LogP contribution in [0.2, 0.25) is 0 Å². The molecule has 0 radical (unpaired) electrons. The summed E-state index contributed by atoms with van der Waals surface area (Å²) in [6.07, 6.45) is 0.928. The van der Waals surface area contributed by atoms with Gasteiger partial charge in [0.15, 0.2) is 0 Å². The molecule has 0 bridgehead atoms. The molecule has 0 unspecified atom stereocenters. The maximum absolute atomic E-state index is 10.9. The fourth-order valence-electron chi connectivity index (χ4n) is 2.77. The number of fused-ring (bicyclic) bond motifs is 1. The molecular weight excluding hydrogens is 282 g/mol. The van der Waals surface area contributed by atoms with Gasteiger partial charge in [0, 0.05) is 19.2 Å². The molecule has 6 nitrogen and oxygen atoms in total. The van der Waals surface area contributed by atoms with Crippen molar-refractivity contribution >= 4 is 11.5 Å². The maximum Gasteiger partial charge on any atom is 0.290 e. The van der Waals surface area contributed by atoms with E-state index in [1.807, 2.05) is 12.1 Å². The first kappa shape index (κ1) is 14.3. The van der Waals surface area contributed by atoms with Gasteiger partial charge in [0.2, 0.25) is 0 Å². The maximum atomic E-state index is 10.9. The van der Waals surface area contributed by atoms with E-state index in [1.54, 1.807) is 20.1 Å². The highest BCUT2D eigenvalue weighted by atomic mass is 16.6. The molecule has 1 aromatic carbocycles. The summed E-state index contributed by atoms with van der Waals surface area (Å²) in [6, 6.07) is 9.36. The molecule has 1 aliphatic rings. The summed E-state index contributed by atoms with van der Waals surface area (Å²) in [6.45, 7) is 3.25. The van der Waals surface area contributed by atoms with E-state index in [9.17, 15) is 10.1 Å². The van der Waals surface area contributed by atoms with E-state index >= 15 is 0 Å². The summed E-state index contributed by atoms with van der Waals surface area (Å²) in [5, 5.41) is 10.9. The summed E-state index contributed by atoms with van der Waals surface area (Å²) in [7, 11) is 1.66. The fraction of sp³-hybridized carbons (Fsp3) is 0.312. The minimum Gasteiger partial charge on any atom is -0.497 e. The van der Waals surface area contributed by atoms with Gasteiger partial charge in [-0.3, -0.25) is 10.1 Å². The molecule has 114 valence electrons.